The van der Waals surface area contributed by atoms with Gasteiger partial charge in [-0.05, 0) is 43.4 Å². The van der Waals surface area contributed by atoms with Crippen LogP contribution < -0.4 is 4.74 Å². The van der Waals surface area contributed by atoms with Crippen molar-refractivity contribution in [1.82, 2.24) is 4.90 Å². The normalized spacial score (nSPS) is 22.1. The molecular weight excluding hydrogens is 362 g/mol. The second-order valence-electron chi connectivity index (χ2n) is 7.41. The van der Waals surface area contributed by atoms with Crippen molar-refractivity contribution in [2.24, 2.45) is 5.41 Å². The van der Waals surface area contributed by atoms with Gasteiger partial charge >= 0.3 is 5.97 Å². The Morgan fingerprint density at radius 2 is 2.04 bits per heavy atom. The maximum Gasteiger partial charge on any atom is 0.314 e. The van der Waals surface area contributed by atoms with Crippen molar-refractivity contribution < 1.29 is 29.3 Å². The zero-order valence-electron chi connectivity index (χ0n) is 16.7. The first kappa shape index (κ1) is 22.2. The average Bonchev–Trinajstić information content (AvgIpc) is 2.69. The topological polar surface area (TPSA) is 96.3 Å². The van der Waals surface area contributed by atoms with Crippen LogP contribution in [0.15, 0.2) is 24.3 Å². The van der Waals surface area contributed by atoms with Crippen LogP contribution in [0, 0.1) is 5.41 Å². The highest BCUT2D eigenvalue weighted by molar-refractivity contribution is 5.80. The van der Waals surface area contributed by atoms with Gasteiger partial charge < -0.3 is 24.6 Å². The molecule has 156 valence electrons. The van der Waals surface area contributed by atoms with Crippen molar-refractivity contribution >= 4 is 11.9 Å². The Hall–Kier alpha value is -2.12. The Kier molecular flexibility index (Phi) is 8.26. The zero-order chi connectivity index (χ0) is 20.6. The predicted octanol–water partition coefficient (Wildman–Crippen LogP) is 2.11. The molecule has 0 saturated carbocycles. The van der Waals surface area contributed by atoms with Crippen LogP contribution in [0.25, 0.3) is 0 Å². The summed E-state index contributed by atoms with van der Waals surface area (Å²) in [6.45, 7) is 1.07. The van der Waals surface area contributed by atoms with E-state index in [0.717, 1.165) is 24.8 Å². The third-order valence-electron chi connectivity index (χ3n) is 5.45. The zero-order valence-corrected chi connectivity index (χ0v) is 16.7. The van der Waals surface area contributed by atoms with Crippen molar-refractivity contribution in [3.05, 3.63) is 29.8 Å². The molecule has 1 aromatic carbocycles. The van der Waals surface area contributed by atoms with Crippen LogP contribution in [0.5, 0.6) is 5.75 Å². The highest BCUT2D eigenvalue weighted by atomic mass is 16.5. The summed E-state index contributed by atoms with van der Waals surface area (Å²) < 4.78 is 10.2. The lowest BCUT2D eigenvalue weighted by molar-refractivity contribution is -0.165. The number of aliphatic hydroxyl groups excluding tert-OH is 1. The highest BCUT2D eigenvalue weighted by Crippen LogP contribution is 2.35. The fraction of sp³-hybridized carbons (Fsp3) is 0.619. The number of hydrogen-bond acceptors (Lipinski definition) is 5. The van der Waals surface area contributed by atoms with Gasteiger partial charge in [0.2, 0.25) is 5.91 Å². The number of carboxylic acids is 1. The van der Waals surface area contributed by atoms with E-state index in [-0.39, 0.29) is 25.3 Å². The number of nitrogens with zero attached hydrogens (tertiary/aromatic N) is 1. The van der Waals surface area contributed by atoms with Gasteiger partial charge in [0, 0.05) is 33.2 Å². The predicted molar refractivity (Wildman–Crippen MR) is 104 cm³/mol. The molecule has 0 aliphatic carbocycles. The first-order valence-electron chi connectivity index (χ1n) is 9.74. The number of hydrogen-bond donors (Lipinski definition) is 2. The van der Waals surface area contributed by atoms with E-state index in [1.807, 2.05) is 6.07 Å². The molecule has 7 heteroatoms. The second kappa shape index (κ2) is 10.4. The molecule has 2 rings (SSSR count). The number of piperidine rings is 1. The number of carboxylic acid groups (broad SMARTS) is 1. The standard InChI is InChI=1S/C21H31NO6/c1-27-12-5-3-4-9-19(24)22-11-10-18(23)21(15-22,20(25)26)14-16-7-6-8-17(13-16)28-2/h6-8,13,18,23H,3-5,9-12,14-15H2,1-2H3,(H,25,26)/t18-,21-/m1/s1. The molecule has 0 spiro atoms. The molecule has 1 fully saturated rings. The summed E-state index contributed by atoms with van der Waals surface area (Å²) in [5.74, 6) is -0.506. The summed E-state index contributed by atoms with van der Waals surface area (Å²) in [5, 5.41) is 20.6. The molecule has 1 heterocycles. The fourth-order valence-electron chi connectivity index (χ4n) is 3.76. The number of aliphatic hydroxyl groups is 1. The lowest BCUT2D eigenvalue weighted by Gasteiger charge is -2.43. The fourth-order valence-corrected chi connectivity index (χ4v) is 3.76. The SMILES string of the molecule is COCCCCCC(=O)N1CC[C@@H](O)[C@](Cc2cccc(OC)c2)(C(=O)O)C1. The van der Waals surface area contributed by atoms with Crippen LogP contribution in [-0.4, -0.2) is 67.0 Å². The van der Waals surface area contributed by atoms with E-state index in [4.69, 9.17) is 9.47 Å². The molecule has 1 amide bonds. The van der Waals surface area contributed by atoms with Crippen LogP contribution in [0.1, 0.15) is 37.7 Å². The lowest BCUT2D eigenvalue weighted by Crippen LogP contribution is -2.58. The molecule has 1 aliphatic heterocycles. The van der Waals surface area contributed by atoms with Crippen molar-refractivity contribution in [1.29, 1.82) is 0 Å². The lowest BCUT2D eigenvalue weighted by atomic mass is 9.72. The Balaban J connectivity index is 2.09. The summed E-state index contributed by atoms with van der Waals surface area (Å²) >= 11 is 0. The molecular formula is C21H31NO6. The van der Waals surface area contributed by atoms with E-state index in [1.165, 1.54) is 0 Å². The second-order valence-corrected chi connectivity index (χ2v) is 7.41. The molecule has 1 saturated heterocycles. The van der Waals surface area contributed by atoms with E-state index in [0.29, 0.717) is 25.3 Å². The molecule has 2 N–H and O–H groups in total. The molecule has 1 aliphatic rings. The number of amides is 1. The first-order chi connectivity index (χ1) is 13.4. The Labute approximate surface area is 166 Å². The van der Waals surface area contributed by atoms with Gasteiger partial charge in [-0.1, -0.05) is 18.6 Å². The van der Waals surface area contributed by atoms with Gasteiger partial charge in [-0.25, -0.2) is 0 Å². The number of carbonyl (C=O) groups is 2. The summed E-state index contributed by atoms with van der Waals surface area (Å²) in [7, 11) is 3.20. The number of unbranched alkanes of at least 4 members (excludes halogenated alkanes) is 2. The molecule has 0 bridgehead atoms. The van der Waals surface area contributed by atoms with Gasteiger partial charge in [-0.2, -0.15) is 0 Å². The van der Waals surface area contributed by atoms with Crippen LogP contribution in [-0.2, 0) is 20.7 Å². The van der Waals surface area contributed by atoms with Crippen LogP contribution >= 0.6 is 0 Å². The molecule has 0 radical (unpaired) electrons. The third kappa shape index (κ3) is 5.45. The van der Waals surface area contributed by atoms with Crippen molar-refractivity contribution in [2.45, 2.75) is 44.6 Å². The van der Waals surface area contributed by atoms with Crippen LogP contribution in [0.4, 0.5) is 0 Å². The number of rotatable bonds is 10. The smallest absolute Gasteiger partial charge is 0.314 e. The number of likely N-dealkylation sites (tertiary alicyclic amines) is 1. The summed E-state index contributed by atoms with van der Waals surface area (Å²) in [5.41, 5.74) is -0.661. The third-order valence-corrected chi connectivity index (χ3v) is 5.45. The minimum Gasteiger partial charge on any atom is -0.497 e. The van der Waals surface area contributed by atoms with Gasteiger partial charge in [0.15, 0.2) is 0 Å². The maximum absolute atomic E-state index is 12.6. The van der Waals surface area contributed by atoms with Gasteiger partial charge in [-0.3, -0.25) is 9.59 Å². The van der Waals surface area contributed by atoms with Crippen molar-refractivity contribution in [3.8, 4) is 5.75 Å². The number of carbonyl (C=O) groups excluding carboxylic acids is 1. The van der Waals surface area contributed by atoms with Crippen LogP contribution in [0.3, 0.4) is 0 Å². The van der Waals surface area contributed by atoms with Crippen molar-refractivity contribution in [2.75, 3.05) is 33.9 Å². The molecule has 1 aromatic rings. The van der Waals surface area contributed by atoms with E-state index in [1.54, 1.807) is 37.3 Å². The number of methoxy groups -OCH3 is 2. The molecule has 0 aromatic heterocycles. The highest BCUT2D eigenvalue weighted by Gasteiger charge is 2.50. The monoisotopic (exact) mass is 393 g/mol. The molecule has 28 heavy (non-hydrogen) atoms. The van der Waals surface area contributed by atoms with Crippen LogP contribution in [0.2, 0.25) is 0 Å². The molecule has 7 nitrogen and oxygen atoms in total. The maximum atomic E-state index is 12.6. The quantitative estimate of drug-likeness (QED) is 0.591. The Bertz CT molecular complexity index is 664. The van der Waals surface area contributed by atoms with Crippen molar-refractivity contribution in [3.63, 3.8) is 0 Å². The Morgan fingerprint density at radius 3 is 2.71 bits per heavy atom. The largest absolute Gasteiger partial charge is 0.497 e. The molecule has 2 atom stereocenters. The minimum absolute atomic E-state index is 0.0115. The van der Waals surface area contributed by atoms with E-state index in [2.05, 4.69) is 0 Å². The minimum atomic E-state index is -1.42. The van der Waals surface area contributed by atoms with Gasteiger partial charge in [0.1, 0.15) is 11.2 Å². The van der Waals surface area contributed by atoms with Gasteiger partial charge in [0.05, 0.1) is 13.2 Å². The van der Waals surface area contributed by atoms with Gasteiger partial charge in [-0.15, -0.1) is 0 Å². The molecule has 0 unspecified atom stereocenters. The summed E-state index contributed by atoms with van der Waals surface area (Å²) in [6, 6.07) is 7.17. The van der Waals surface area contributed by atoms with E-state index in [9.17, 15) is 19.8 Å². The Morgan fingerprint density at radius 1 is 1.25 bits per heavy atom. The number of benzene rings is 1. The first-order valence-corrected chi connectivity index (χ1v) is 9.74. The summed E-state index contributed by atoms with van der Waals surface area (Å²) in [6.07, 6.45) is 2.30. The number of ether oxygens (including phenoxy) is 2. The number of aliphatic carboxylic acids is 1. The summed E-state index contributed by atoms with van der Waals surface area (Å²) in [4.78, 5) is 26.4. The van der Waals surface area contributed by atoms with Gasteiger partial charge in [0.25, 0.3) is 0 Å². The average molecular weight is 393 g/mol. The van der Waals surface area contributed by atoms with E-state index < -0.39 is 17.5 Å². The van der Waals surface area contributed by atoms with E-state index >= 15 is 0 Å².